The number of esters is 2. The van der Waals surface area contributed by atoms with Gasteiger partial charge in [-0.15, -0.1) is 0 Å². The number of amides is 1. The Hall–Kier alpha value is -3.86. The smallest absolute Gasteiger partial charge is 0.329 e. The first kappa shape index (κ1) is 32.7. The third-order valence-corrected chi connectivity index (χ3v) is 6.54. The van der Waals surface area contributed by atoms with Gasteiger partial charge in [-0.2, -0.15) is 0 Å². The minimum Gasteiger partial charge on any atom is -0.493 e. The number of hydrogen-bond donors (Lipinski definition) is 1. The van der Waals surface area contributed by atoms with Crippen molar-refractivity contribution < 1.29 is 42.8 Å². The number of pyridine rings is 1. The molecule has 11 nitrogen and oxygen atoms in total. The topological polar surface area (TPSA) is 132 Å². The number of cyclic esters (lactones) is 1. The maximum Gasteiger partial charge on any atom is 0.329 e. The molecule has 2 heterocycles. The standard InChI is InChI=1S/C31H42N2O9/c1-19(2)17-38-25-14-10-13-23(31(36)41-21(5)27(25)42-22-11-8-7-9-12-22)33-29(34)26-28(24(37-6)15-16-32-26)39-18-40-30(35)20(3)4/h7-9,11-12,15-16,19-21,23,25,27H,10,13-14,17-18H2,1-6H3,(H,33,34)/t21-,23-,25-,27-/m0/s1. The van der Waals surface area contributed by atoms with Crippen molar-refractivity contribution in [2.75, 3.05) is 20.5 Å². The summed E-state index contributed by atoms with van der Waals surface area (Å²) in [6, 6.07) is 9.87. The Labute approximate surface area is 247 Å². The molecule has 3 rings (SSSR count). The van der Waals surface area contributed by atoms with Gasteiger partial charge in [0, 0.05) is 18.9 Å². The molecule has 11 heteroatoms. The second-order valence-corrected chi connectivity index (χ2v) is 10.8. The Morgan fingerprint density at radius 1 is 1.10 bits per heavy atom. The lowest BCUT2D eigenvalue weighted by atomic mass is 10.0. The van der Waals surface area contributed by atoms with E-state index in [1.165, 1.54) is 19.4 Å². The van der Waals surface area contributed by atoms with Gasteiger partial charge in [0.1, 0.15) is 17.9 Å². The van der Waals surface area contributed by atoms with E-state index in [0.29, 0.717) is 37.5 Å². The number of benzene rings is 1. The van der Waals surface area contributed by atoms with Crippen LogP contribution >= 0.6 is 0 Å². The summed E-state index contributed by atoms with van der Waals surface area (Å²) in [6.45, 7) is 9.36. The zero-order valence-electron chi connectivity index (χ0n) is 25.2. The summed E-state index contributed by atoms with van der Waals surface area (Å²) in [4.78, 5) is 42.7. The molecule has 42 heavy (non-hydrogen) atoms. The summed E-state index contributed by atoms with van der Waals surface area (Å²) in [5.74, 6) is -0.932. The Balaban J connectivity index is 1.77. The number of para-hydroxylation sites is 1. The molecule has 0 unspecified atom stereocenters. The first-order chi connectivity index (χ1) is 20.1. The molecule has 1 fully saturated rings. The summed E-state index contributed by atoms with van der Waals surface area (Å²) in [6.07, 6.45) is 1.28. The maximum atomic E-state index is 13.4. The van der Waals surface area contributed by atoms with Gasteiger partial charge in [-0.3, -0.25) is 9.59 Å². The molecule has 0 saturated carbocycles. The SMILES string of the molecule is COc1ccnc(C(=O)N[C@H]2CCC[C@H](OCC(C)C)[C@@H](Oc3ccccc3)[C@H](C)OC2=O)c1OCOC(=O)C(C)C. The number of nitrogens with one attached hydrogen (secondary N) is 1. The van der Waals surface area contributed by atoms with Crippen molar-refractivity contribution in [3.63, 3.8) is 0 Å². The van der Waals surface area contributed by atoms with Gasteiger partial charge in [0.05, 0.1) is 19.1 Å². The van der Waals surface area contributed by atoms with Gasteiger partial charge in [0.15, 0.2) is 23.3 Å². The fraction of sp³-hybridized carbons (Fsp3) is 0.548. The average molecular weight is 587 g/mol. The fourth-order valence-electron chi connectivity index (χ4n) is 4.33. The highest BCUT2D eigenvalue weighted by molar-refractivity contribution is 5.98. The van der Waals surface area contributed by atoms with Crippen molar-refractivity contribution in [2.45, 2.75) is 78.2 Å². The van der Waals surface area contributed by atoms with E-state index in [1.807, 2.05) is 30.3 Å². The largest absolute Gasteiger partial charge is 0.493 e. The minimum atomic E-state index is -0.958. The molecule has 2 aromatic rings. The van der Waals surface area contributed by atoms with Gasteiger partial charge in [0.25, 0.3) is 5.91 Å². The van der Waals surface area contributed by atoms with E-state index in [2.05, 4.69) is 24.1 Å². The summed E-state index contributed by atoms with van der Waals surface area (Å²) in [5, 5.41) is 2.74. The Morgan fingerprint density at radius 3 is 2.50 bits per heavy atom. The zero-order chi connectivity index (χ0) is 30.6. The number of aromatic nitrogens is 1. The molecule has 0 bridgehead atoms. The first-order valence-electron chi connectivity index (χ1n) is 14.3. The van der Waals surface area contributed by atoms with E-state index >= 15 is 0 Å². The van der Waals surface area contributed by atoms with Gasteiger partial charge in [-0.05, 0) is 44.2 Å². The molecule has 1 aromatic carbocycles. The molecule has 0 radical (unpaired) electrons. The van der Waals surface area contributed by atoms with Crippen LogP contribution in [0.2, 0.25) is 0 Å². The number of carbonyl (C=O) groups excluding carboxylic acids is 3. The molecule has 4 atom stereocenters. The predicted octanol–water partition coefficient (Wildman–Crippen LogP) is 4.33. The third-order valence-electron chi connectivity index (χ3n) is 6.54. The molecule has 0 aliphatic carbocycles. The summed E-state index contributed by atoms with van der Waals surface area (Å²) < 4.78 is 34.4. The van der Waals surface area contributed by atoms with Crippen LogP contribution in [-0.2, 0) is 23.8 Å². The highest BCUT2D eigenvalue weighted by atomic mass is 16.7. The van der Waals surface area contributed by atoms with Crippen molar-refractivity contribution in [3.8, 4) is 17.2 Å². The summed E-state index contributed by atoms with van der Waals surface area (Å²) in [7, 11) is 1.41. The molecule has 1 N–H and O–H groups in total. The van der Waals surface area contributed by atoms with Gasteiger partial charge in [0.2, 0.25) is 6.79 Å². The van der Waals surface area contributed by atoms with Crippen LogP contribution in [0.25, 0.3) is 0 Å². The van der Waals surface area contributed by atoms with Crippen molar-refractivity contribution in [3.05, 3.63) is 48.3 Å². The van der Waals surface area contributed by atoms with Gasteiger partial charge >= 0.3 is 11.9 Å². The van der Waals surface area contributed by atoms with Gasteiger partial charge in [-0.25, -0.2) is 9.78 Å². The quantitative estimate of drug-likeness (QED) is 0.283. The Bertz CT molecular complexity index is 1170. The van der Waals surface area contributed by atoms with Crippen LogP contribution in [0, 0.1) is 11.8 Å². The van der Waals surface area contributed by atoms with Crippen molar-refractivity contribution in [1.29, 1.82) is 0 Å². The zero-order valence-corrected chi connectivity index (χ0v) is 25.2. The molecule has 0 spiro atoms. The second kappa shape index (κ2) is 16.0. The van der Waals surface area contributed by atoms with Crippen LogP contribution < -0.4 is 19.5 Å². The second-order valence-electron chi connectivity index (χ2n) is 10.8. The molecule has 1 aliphatic heterocycles. The Kier molecular flexibility index (Phi) is 12.4. The van der Waals surface area contributed by atoms with Crippen LogP contribution in [0.1, 0.15) is 64.4 Å². The number of methoxy groups -OCH3 is 1. The molecular weight excluding hydrogens is 544 g/mol. The van der Waals surface area contributed by atoms with E-state index in [0.717, 1.165) is 0 Å². The normalized spacial score (nSPS) is 21.0. The molecule has 1 saturated heterocycles. The van der Waals surface area contributed by atoms with E-state index < -0.39 is 42.9 Å². The minimum absolute atomic E-state index is 0.0164. The number of rotatable bonds is 12. The number of ether oxygens (including phenoxy) is 6. The van der Waals surface area contributed by atoms with Gasteiger partial charge < -0.3 is 33.7 Å². The molecule has 1 aromatic heterocycles. The summed E-state index contributed by atoms with van der Waals surface area (Å²) in [5.41, 5.74) is -0.126. The molecule has 1 amide bonds. The van der Waals surface area contributed by atoms with Crippen LogP contribution in [0.3, 0.4) is 0 Å². The first-order valence-corrected chi connectivity index (χ1v) is 14.3. The number of nitrogens with zero attached hydrogens (tertiary/aromatic N) is 1. The third kappa shape index (κ3) is 9.34. The van der Waals surface area contributed by atoms with Crippen molar-refractivity contribution >= 4 is 17.8 Å². The van der Waals surface area contributed by atoms with E-state index in [1.54, 1.807) is 20.8 Å². The van der Waals surface area contributed by atoms with Crippen LogP contribution in [0.5, 0.6) is 17.2 Å². The molecule has 1 aliphatic rings. The maximum absolute atomic E-state index is 13.4. The Morgan fingerprint density at radius 2 is 1.83 bits per heavy atom. The van der Waals surface area contributed by atoms with Crippen LogP contribution in [-0.4, -0.2) is 67.7 Å². The van der Waals surface area contributed by atoms with Crippen LogP contribution in [0.15, 0.2) is 42.6 Å². The summed E-state index contributed by atoms with van der Waals surface area (Å²) >= 11 is 0. The number of carbonyl (C=O) groups is 3. The lowest BCUT2D eigenvalue weighted by Crippen LogP contribution is -2.47. The lowest BCUT2D eigenvalue weighted by Gasteiger charge is -2.32. The highest BCUT2D eigenvalue weighted by Gasteiger charge is 2.37. The van der Waals surface area contributed by atoms with Crippen molar-refractivity contribution in [1.82, 2.24) is 10.3 Å². The lowest BCUT2D eigenvalue weighted by molar-refractivity contribution is -0.159. The monoisotopic (exact) mass is 586 g/mol. The van der Waals surface area contributed by atoms with E-state index in [-0.39, 0.29) is 29.2 Å². The van der Waals surface area contributed by atoms with Crippen LogP contribution in [0.4, 0.5) is 0 Å². The highest BCUT2D eigenvalue weighted by Crippen LogP contribution is 2.30. The fourth-order valence-corrected chi connectivity index (χ4v) is 4.33. The van der Waals surface area contributed by atoms with E-state index in [9.17, 15) is 14.4 Å². The number of hydrogen-bond acceptors (Lipinski definition) is 10. The van der Waals surface area contributed by atoms with Crippen molar-refractivity contribution in [2.24, 2.45) is 11.8 Å². The van der Waals surface area contributed by atoms with E-state index in [4.69, 9.17) is 28.4 Å². The average Bonchev–Trinajstić information content (AvgIpc) is 3.01. The molecular formula is C31H42N2O9. The predicted molar refractivity (Wildman–Crippen MR) is 153 cm³/mol. The molecule has 230 valence electrons. The van der Waals surface area contributed by atoms with Gasteiger partial charge in [-0.1, -0.05) is 45.9 Å².